The molecule has 0 atom stereocenters. The topological polar surface area (TPSA) is 38.8 Å². The minimum Gasteiger partial charge on any atom is -0.493 e. The van der Waals surface area contributed by atoms with Crippen molar-refractivity contribution in [2.75, 3.05) is 13.7 Å². The van der Waals surface area contributed by atoms with Gasteiger partial charge in [-0.1, -0.05) is 6.07 Å². The standard InChI is InChI=1S/C14H15F4NO3/c1-21-10-4-2-3-9(12(10)22-14(17)18)13(20)19(7-11(15)16)8-5-6-8/h2-4,8,11,14H,5-7H2,1H3. The van der Waals surface area contributed by atoms with Crippen LogP contribution in [0.1, 0.15) is 23.2 Å². The lowest BCUT2D eigenvalue weighted by Crippen LogP contribution is -2.37. The Balaban J connectivity index is 2.34. The van der Waals surface area contributed by atoms with Gasteiger partial charge >= 0.3 is 6.61 Å². The van der Waals surface area contributed by atoms with Crippen molar-refractivity contribution in [3.05, 3.63) is 23.8 Å². The van der Waals surface area contributed by atoms with Crippen molar-refractivity contribution in [3.63, 3.8) is 0 Å². The summed E-state index contributed by atoms with van der Waals surface area (Å²) in [5.41, 5.74) is -0.216. The average Bonchev–Trinajstić information content (AvgIpc) is 3.28. The number of hydrogen-bond donors (Lipinski definition) is 0. The van der Waals surface area contributed by atoms with Gasteiger partial charge in [-0.2, -0.15) is 8.78 Å². The molecule has 1 aromatic rings. The lowest BCUT2D eigenvalue weighted by atomic mass is 10.1. The van der Waals surface area contributed by atoms with Crippen LogP contribution < -0.4 is 9.47 Å². The third-order valence-electron chi connectivity index (χ3n) is 3.22. The molecule has 1 amide bonds. The van der Waals surface area contributed by atoms with Crippen LogP contribution in [0.4, 0.5) is 17.6 Å². The number of carbonyl (C=O) groups excluding carboxylic acids is 1. The molecule has 122 valence electrons. The zero-order valence-electron chi connectivity index (χ0n) is 11.8. The third kappa shape index (κ3) is 3.80. The van der Waals surface area contributed by atoms with Crippen LogP contribution >= 0.6 is 0 Å². The summed E-state index contributed by atoms with van der Waals surface area (Å²) in [7, 11) is 1.24. The maximum atomic E-state index is 12.6. The lowest BCUT2D eigenvalue weighted by Gasteiger charge is -2.23. The summed E-state index contributed by atoms with van der Waals surface area (Å²) in [6.45, 7) is -3.90. The van der Waals surface area contributed by atoms with Crippen molar-refractivity contribution in [3.8, 4) is 11.5 Å². The molecule has 0 aromatic heterocycles. The van der Waals surface area contributed by atoms with Crippen LogP contribution in [0, 0.1) is 0 Å². The van der Waals surface area contributed by atoms with Gasteiger partial charge in [0.2, 0.25) is 0 Å². The number of carbonyl (C=O) groups is 1. The quantitative estimate of drug-likeness (QED) is 0.724. The largest absolute Gasteiger partial charge is 0.493 e. The SMILES string of the molecule is COc1cccc(C(=O)N(CC(F)F)C2CC2)c1OC(F)F. The van der Waals surface area contributed by atoms with Crippen molar-refractivity contribution >= 4 is 5.91 Å². The first-order chi connectivity index (χ1) is 10.4. The first-order valence-electron chi connectivity index (χ1n) is 6.65. The second-order valence-electron chi connectivity index (χ2n) is 4.80. The number of rotatable bonds is 7. The van der Waals surface area contributed by atoms with Gasteiger partial charge in [0.1, 0.15) is 0 Å². The van der Waals surface area contributed by atoms with Gasteiger partial charge in [0.05, 0.1) is 19.2 Å². The van der Waals surface area contributed by atoms with E-state index in [1.54, 1.807) is 0 Å². The molecular formula is C14H15F4NO3. The van der Waals surface area contributed by atoms with E-state index < -0.39 is 31.2 Å². The van der Waals surface area contributed by atoms with E-state index in [1.807, 2.05) is 0 Å². The van der Waals surface area contributed by atoms with Crippen LogP contribution in [-0.4, -0.2) is 43.5 Å². The van der Waals surface area contributed by atoms with E-state index >= 15 is 0 Å². The molecule has 0 aliphatic heterocycles. The minimum atomic E-state index is -3.16. The van der Waals surface area contributed by atoms with Gasteiger partial charge in [-0.15, -0.1) is 0 Å². The Hall–Kier alpha value is -1.99. The Bertz CT molecular complexity index is 535. The molecule has 1 aliphatic carbocycles. The first-order valence-corrected chi connectivity index (χ1v) is 6.65. The highest BCUT2D eigenvalue weighted by Gasteiger charge is 2.36. The molecule has 22 heavy (non-hydrogen) atoms. The number of para-hydroxylation sites is 1. The molecule has 0 heterocycles. The molecule has 0 N–H and O–H groups in total. The zero-order valence-corrected chi connectivity index (χ0v) is 11.8. The maximum Gasteiger partial charge on any atom is 0.387 e. The molecule has 1 fully saturated rings. The number of nitrogens with zero attached hydrogens (tertiary/aromatic N) is 1. The molecule has 0 bridgehead atoms. The number of benzene rings is 1. The number of hydrogen-bond acceptors (Lipinski definition) is 3. The smallest absolute Gasteiger partial charge is 0.387 e. The molecule has 0 unspecified atom stereocenters. The molecule has 0 saturated heterocycles. The molecule has 8 heteroatoms. The maximum absolute atomic E-state index is 12.6. The van der Waals surface area contributed by atoms with Gasteiger partial charge in [0.15, 0.2) is 11.5 Å². The predicted molar refractivity (Wildman–Crippen MR) is 69.7 cm³/mol. The number of methoxy groups -OCH3 is 1. The van der Waals surface area contributed by atoms with Gasteiger partial charge in [-0.25, -0.2) is 8.78 Å². The first kappa shape index (κ1) is 16.4. The van der Waals surface area contributed by atoms with Crippen molar-refractivity contribution in [1.82, 2.24) is 4.90 Å². The van der Waals surface area contributed by atoms with Crippen molar-refractivity contribution < 1.29 is 31.8 Å². The van der Waals surface area contributed by atoms with Crippen LogP contribution in [0.15, 0.2) is 18.2 Å². The molecule has 4 nitrogen and oxygen atoms in total. The van der Waals surface area contributed by atoms with Gasteiger partial charge in [0.25, 0.3) is 12.3 Å². The summed E-state index contributed by atoms with van der Waals surface area (Å²) in [5.74, 6) is -1.26. The van der Waals surface area contributed by atoms with Gasteiger partial charge < -0.3 is 14.4 Å². The van der Waals surface area contributed by atoms with E-state index in [0.717, 1.165) is 4.90 Å². The molecule has 2 rings (SSSR count). The fraction of sp³-hybridized carbons (Fsp3) is 0.500. The Labute approximate surface area is 124 Å². The van der Waals surface area contributed by atoms with Gasteiger partial charge in [-0.3, -0.25) is 4.79 Å². The fourth-order valence-electron chi connectivity index (χ4n) is 2.14. The van der Waals surface area contributed by atoms with Crippen molar-refractivity contribution in [2.45, 2.75) is 31.9 Å². The predicted octanol–water partition coefficient (Wildman–Crippen LogP) is 3.17. The summed E-state index contributed by atoms with van der Waals surface area (Å²) in [6.07, 6.45) is -1.46. The van der Waals surface area contributed by atoms with Crippen LogP contribution in [0.3, 0.4) is 0 Å². The average molecular weight is 321 g/mol. The number of halogens is 4. The van der Waals surface area contributed by atoms with Crippen molar-refractivity contribution in [1.29, 1.82) is 0 Å². The Morgan fingerprint density at radius 1 is 1.32 bits per heavy atom. The van der Waals surface area contributed by atoms with E-state index in [-0.39, 0.29) is 17.4 Å². The molecule has 0 radical (unpaired) electrons. The normalized spacial score (nSPS) is 14.3. The highest BCUT2D eigenvalue weighted by Crippen LogP contribution is 2.36. The van der Waals surface area contributed by atoms with E-state index in [1.165, 1.54) is 25.3 Å². The fourth-order valence-corrected chi connectivity index (χ4v) is 2.14. The lowest BCUT2D eigenvalue weighted by molar-refractivity contribution is -0.0517. The second-order valence-corrected chi connectivity index (χ2v) is 4.80. The van der Waals surface area contributed by atoms with Crippen LogP contribution in [0.25, 0.3) is 0 Å². The van der Waals surface area contributed by atoms with Crippen molar-refractivity contribution in [2.24, 2.45) is 0 Å². The van der Waals surface area contributed by atoms with Crippen LogP contribution in [-0.2, 0) is 0 Å². The molecule has 1 aromatic carbocycles. The zero-order chi connectivity index (χ0) is 16.3. The minimum absolute atomic E-state index is 0.0565. The Kier molecular flexibility index (Phi) is 5.10. The second kappa shape index (κ2) is 6.85. The summed E-state index contributed by atoms with van der Waals surface area (Å²) in [5, 5.41) is 0. The van der Waals surface area contributed by atoms with Gasteiger partial charge in [0, 0.05) is 6.04 Å². The van der Waals surface area contributed by atoms with E-state index in [4.69, 9.17) is 4.74 Å². The Morgan fingerprint density at radius 3 is 2.50 bits per heavy atom. The van der Waals surface area contributed by atoms with Crippen LogP contribution in [0.2, 0.25) is 0 Å². The molecule has 1 aliphatic rings. The van der Waals surface area contributed by atoms with E-state index in [2.05, 4.69) is 4.74 Å². The number of amides is 1. The Morgan fingerprint density at radius 2 is 2.00 bits per heavy atom. The molecule has 0 spiro atoms. The third-order valence-corrected chi connectivity index (χ3v) is 3.22. The highest BCUT2D eigenvalue weighted by molar-refractivity contribution is 5.98. The highest BCUT2D eigenvalue weighted by atomic mass is 19.3. The summed E-state index contributed by atoms with van der Waals surface area (Å²) in [4.78, 5) is 13.4. The summed E-state index contributed by atoms with van der Waals surface area (Å²) in [6, 6.07) is 3.73. The molecular weight excluding hydrogens is 306 g/mol. The van der Waals surface area contributed by atoms with Crippen LogP contribution in [0.5, 0.6) is 11.5 Å². The summed E-state index contributed by atoms with van der Waals surface area (Å²) < 4.78 is 59.6. The molecule has 1 saturated carbocycles. The number of alkyl halides is 4. The van der Waals surface area contributed by atoms with E-state index in [0.29, 0.717) is 12.8 Å². The number of ether oxygens (including phenoxy) is 2. The van der Waals surface area contributed by atoms with E-state index in [9.17, 15) is 22.4 Å². The summed E-state index contributed by atoms with van der Waals surface area (Å²) >= 11 is 0. The van der Waals surface area contributed by atoms with Gasteiger partial charge in [-0.05, 0) is 25.0 Å². The monoisotopic (exact) mass is 321 g/mol.